The lowest BCUT2D eigenvalue weighted by Crippen LogP contribution is -2.06. The fraction of sp³-hybridized carbons (Fsp3) is 0.111. The first-order chi connectivity index (χ1) is 11.3. The smallest absolute Gasteiger partial charge is 0.416 e. The summed E-state index contributed by atoms with van der Waals surface area (Å²) in [5.41, 5.74) is 0.0678. The van der Waals surface area contributed by atoms with Gasteiger partial charge in [-0.15, -0.1) is 0 Å². The summed E-state index contributed by atoms with van der Waals surface area (Å²) in [5, 5.41) is 0. The van der Waals surface area contributed by atoms with Crippen LogP contribution in [0, 0.1) is 0 Å². The maximum absolute atomic E-state index is 12.6. The molecule has 0 radical (unpaired) electrons. The molecule has 0 N–H and O–H groups in total. The number of ketones is 1. The molecule has 0 bridgehead atoms. The molecule has 2 rings (SSSR count). The zero-order valence-corrected chi connectivity index (χ0v) is 12.6. The van der Waals surface area contributed by atoms with Gasteiger partial charge in [0.05, 0.1) is 18.2 Å². The normalized spacial score (nSPS) is 11.5. The molecule has 0 unspecified atom stereocenters. The van der Waals surface area contributed by atoms with Gasteiger partial charge in [-0.2, -0.15) is 13.2 Å². The molecule has 0 saturated heterocycles. The summed E-state index contributed by atoms with van der Waals surface area (Å²) in [6.45, 7) is 0. The Bertz CT molecular complexity index is 775. The molecule has 2 aromatic carbocycles. The van der Waals surface area contributed by atoms with Crippen LogP contribution in [0.5, 0.6) is 0 Å². The van der Waals surface area contributed by atoms with E-state index >= 15 is 0 Å². The van der Waals surface area contributed by atoms with Gasteiger partial charge in [-0.3, -0.25) is 4.79 Å². The van der Waals surface area contributed by atoms with Crippen LogP contribution in [0.2, 0.25) is 0 Å². The number of hydrogen-bond acceptors (Lipinski definition) is 3. The Hall–Kier alpha value is -2.89. The van der Waals surface area contributed by atoms with Gasteiger partial charge in [0, 0.05) is 5.56 Å². The minimum absolute atomic E-state index is 0.0488. The number of halogens is 3. The Morgan fingerprint density at radius 3 is 2.25 bits per heavy atom. The van der Waals surface area contributed by atoms with Gasteiger partial charge >= 0.3 is 12.1 Å². The molecule has 6 heteroatoms. The largest absolute Gasteiger partial charge is 0.465 e. The molecular formula is C18H13F3O3. The average Bonchev–Trinajstić information content (AvgIpc) is 2.58. The van der Waals surface area contributed by atoms with Gasteiger partial charge in [0.15, 0.2) is 5.78 Å². The molecule has 0 spiro atoms. The van der Waals surface area contributed by atoms with Crippen molar-refractivity contribution in [2.75, 3.05) is 7.11 Å². The lowest BCUT2D eigenvalue weighted by Gasteiger charge is -2.07. The van der Waals surface area contributed by atoms with Crippen LogP contribution in [0.25, 0.3) is 6.08 Å². The molecule has 0 aliphatic carbocycles. The maximum Gasteiger partial charge on any atom is 0.416 e. The highest BCUT2D eigenvalue weighted by molar-refractivity contribution is 6.07. The van der Waals surface area contributed by atoms with E-state index in [1.54, 1.807) is 12.1 Å². The van der Waals surface area contributed by atoms with Gasteiger partial charge in [0.25, 0.3) is 0 Å². The van der Waals surface area contributed by atoms with E-state index in [1.807, 2.05) is 0 Å². The monoisotopic (exact) mass is 334 g/mol. The van der Waals surface area contributed by atoms with E-state index in [2.05, 4.69) is 4.74 Å². The summed E-state index contributed by atoms with van der Waals surface area (Å²) in [6.07, 6.45) is -1.85. The van der Waals surface area contributed by atoms with E-state index in [0.717, 1.165) is 12.1 Å². The number of methoxy groups -OCH3 is 1. The van der Waals surface area contributed by atoms with Crippen molar-refractivity contribution in [1.29, 1.82) is 0 Å². The Kier molecular flexibility index (Phi) is 5.18. The number of benzene rings is 2. The highest BCUT2D eigenvalue weighted by Gasteiger charge is 2.30. The van der Waals surface area contributed by atoms with E-state index in [-0.39, 0.29) is 5.56 Å². The van der Waals surface area contributed by atoms with Crippen LogP contribution in [0.15, 0.2) is 54.6 Å². The highest BCUT2D eigenvalue weighted by Crippen LogP contribution is 2.29. The molecule has 0 fully saturated rings. The summed E-state index contributed by atoms with van der Waals surface area (Å²) in [6, 6.07) is 10.5. The van der Waals surface area contributed by atoms with Gasteiger partial charge in [-0.25, -0.2) is 4.79 Å². The first-order valence-corrected chi connectivity index (χ1v) is 6.89. The van der Waals surface area contributed by atoms with Crippen molar-refractivity contribution in [3.05, 3.63) is 76.9 Å². The second kappa shape index (κ2) is 7.12. The zero-order valence-electron chi connectivity index (χ0n) is 12.6. The lowest BCUT2D eigenvalue weighted by atomic mass is 10.1. The molecule has 3 nitrogen and oxygen atoms in total. The van der Waals surface area contributed by atoms with Crippen molar-refractivity contribution in [1.82, 2.24) is 0 Å². The van der Waals surface area contributed by atoms with Crippen LogP contribution >= 0.6 is 0 Å². The van der Waals surface area contributed by atoms with Crippen LogP contribution < -0.4 is 0 Å². The van der Waals surface area contributed by atoms with Crippen molar-refractivity contribution >= 4 is 17.8 Å². The van der Waals surface area contributed by atoms with Gasteiger partial charge in [-0.05, 0) is 35.9 Å². The second-order valence-electron chi connectivity index (χ2n) is 4.89. The molecular weight excluding hydrogens is 321 g/mol. The molecule has 24 heavy (non-hydrogen) atoms. The van der Waals surface area contributed by atoms with Crippen molar-refractivity contribution < 1.29 is 27.5 Å². The summed E-state index contributed by atoms with van der Waals surface area (Å²) < 4.78 is 42.5. The van der Waals surface area contributed by atoms with Gasteiger partial charge in [0.2, 0.25) is 0 Å². The SMILES string of the molecule is COC(=O)c1ccc(C=CC(=O)c2cccc(C(F)(F)F)c2)cc1. The number of hydrogen-bond donors (Lipinski definition) is 0. The number of carbonyl (C=O) groups is 2. The second-order valence-corrected chi connectivity index (χ2v) is 4.89. The minimum Gasteiger partial charge on any atom is -0.465 e. The molecule has 0 amide bonds. The number of carbonyl (C=O) groups excluding carboxylic acids is 2. The predicted octanol–water partition coefficient (Wildman–Crippen LogP) is 4.39. The van der Waals surface area contributed by atoms with Crippen LogP contribution in [0.3, 0.4) is 0 Å². The Labute approximate surface area is 136 Å². The Balaban J connectivity index is 2.14. The third-order valence-corrected chi connectivity index (χ3v) is 3.23. The quantitative estimate of drug-likeness (QED) is 0.473. The molecule has 124 valence electrons. The van der Waals surface area contributed by atoms with Gasteiger partial charge < -0.3 is 4.74 Å². The Morgan fingerprint density at radius 2 is 1.67 bits per heavy atom. The van der Waals surface area contributed by atoms with Crippen molar-refractivity contribution in [3.8, 4) is 0 Å². The number of rotatable bonds is 4. The van der Waals surface area contributed by atoms with Crippen LogP contribution in [-0.4, -0.2) is 18.9 Å². The van der Waals surface area contributed by atoms with Crippen LogP contribution in [0.1, 0.15) is 31.8 Å². The molecule has 0 aliphatic heterocycles. The molecule has 0 aliphatic rings. The minimum atomic E-state index is -4.50. The zero-order chi connectivity index (χ0) is 17.7. The standard InChI is InChI=1S/C18H13F3O3/c1-24-17(23)13-8-5-12(6-9-13)7-10-16(22)14-3-2-4-15(11-14)18(19,20)21/h2-11H,1H3. The molecule has 2 aromatic rings. The van der Waals surface area contributed by atoms with Crippen LogP contribution in [-0.2, 0) is 10.9 Å². The van der Waals surface area contributed by atoms with E-state index in [0.29, 0.717) is 11.1 Å². The predicted molar refractivity (Wildman–Crippen MR) is 82.6 cm³/mol. The molecule has 0 atom stereocenters. The van der Waals surface area contributed by atoms with E-state index in [4.69, 9.17) is 0 Å². The number of esters is 1. The third-order valence-electron chi connectivity index (χ3n) is 3.23. The van der Waals surface area contributed by atoms with Crippen LogP contribution in [0.4, 0.5) is 13.2 Å². The molecule has 0 saturated carbocycles. The first-order valence-electron chi connectivity index (χ1n) is 6.89. The van der Waals surface area contributed by atoms with E-state index in [1.165, 1.54) is 43.5 Å². The van der Waals surface area contributed by atoms with Crippen molar-refractivity contribution in [2.45, 2.75) is 6.18 Å². The fourth-order valence-electron chi connectivity index (χ4n) is 1.97. The first kappa shape index (κ1) is 17.5. The fourth-order valence-corrected chi connectivity index (χ4v) is 1.97. The Morgan fingerprint density at radius 1 is 1.00 bits per heavy atom. The summed E-state index contributed by atoms with van der Waals surface area (Å²) >= 11 is 0. The van der Waals surface area contributed by atoms with Crippen molar-refractivity contribution in [3.63, 3.8) is 0 Å². The average molecular weight is 334 g/mol. The molecule has 0 heterocycles. The summed E-state index contributed by atoms with van der Waals surface area (Å²) in [7, 11) is 1.27. The maximum atomic E-state index is 12.6. The van der Waals surface area contributed by atoms with Gasteiger partial charge in [-0.1, -0.05) is 30.3 Å². The summed E-state index contributed by atoms with van der Waals surface area (Å²) in [5.74, 6) is -1.02. The summed E-state index contributed by atoms with van der Waals surface area (Å²) in [4.78, 5) is 23.3. The van der Waals surface area contributed by atoms with Crippen molar-refractivity contribution in [2.24, 2.45) is 0 Å². The third kappa shape index (κ3) is 4.32. The number of alkyl halides is 3. The lowest BCUT2D eigenvalue weighted by molar-refractivity contribution is -0.137. The highest BCUT2D eigenvalue weighted by atomic mass is 19.4. The number of allylic oxidation sites excluding steroid dienone is 1. The molecule has 0 aromatic heterocycles. The number of ether oxygens (including phenoxy) is 1. The van der Waals surface area contributed by atoms with Gasteiger partial charge in [0.1, 0.15) is 0 Å². The van der Waals surface area contributed by atoms with E-state index in [9.17, 15) is 22.8 Å². The topological polar surface area (TPSA) is 43.4 Å². The van der Waals surface area contributed by atoms with E-state index < -0.39 is 23.5 Å².